The van der Waals surface area contributed by atoms with Gasteiger partial charge in [0.15, 0.2) is 5.82 Å². The van der Waals surface area contributed by atoms with Crippen molar-refractivity contribution in [2.24, 2.45) is 0 Å². The van der Waals surface area contributed by atoms with Crippen molar-refractivity contribution in [2.75, 3.05) is 5.32 Å². The van der Waals surface area contributed by atoms with E-state index in [4.69, 9.17) is 5.26 Å². The fourth-order valence-electron chi connectivity index (χ4n) is 2.00. The lowest BCUT2D eigenvalue weighted by molar-refractivity contribution is 0.102. The van der Waals surface area contributed by atoms with Crippen molar-refractivity contribution < 1.29 is 4.79 Å². The quantitative estimate of drug-likeness (QED) is 0.741. The van der Waals surface area contributed by atoms with Gasteiger partial charge in [0.2, 0.25) is 5.95 Å². The first-order valence-electron chi connectivity index (χ1n) is 6.66. The largest absolute Gasteiger partial charge is 0.289 e. The number of aromatic amines is 1. The molecule has 7 heteroatoms. The van der Waals surface area contributed by atoms with Gasteiger partial charge in [0.05, 0.1) is 11.6 Å². The molecule has 112 valence electrons. The molecular weight excluding hydrogens is 358 g/mol. The Morgan fingerprint density at radius 1 is 1.22 bits per heavy atom. The molecular formula is C16H10BrN5O. The SMILES string of the molecule is N#Cc1cccc(C(=O)Nc2n[nH]c(-c3ccccc3Br)n2)c1. The van der Waals surface area contributed by atoms with Gasteiger partial charge in [-0.3, -0.25) is 15.2 Å². The maximum Gasteiger partial charge on any atom is 0.258 e. The number of hydrogen-bond acceptors (Lipinski definition) is 4. The minimum absolute atomic E-state index is 0.170. The van der Waals surface area contributed by atoms with Gasteiger partial charge in [-0.05, 0) is 24.3 Å². The molecule has 0 saturated carbocycles. The minimum atomic E-state index is -0.375. The van der Waals surface area contributed by atoms with Gasteiger partial charge in [0, 0.05) is 15.6 Å². The Morgan fingerprint density at radius 2 is 2.04 bits per heavy atom. The molecule has 1 aromatic heterocycles. The Hall–Kier alpha value is -2.98. The molecule has 0 atom stereocenters. The van der Waals surface area contributed by atoms with E-state index in [1.54, 1.807) is 18.2 Å². The summed E-state index contributed by atoms with van der Waals surface area (Å²) in [4.78, 5) is 16.4. The molecule has 2 N–H and O–H groups in total. The molecule has 0 bridgehead atoms. The number of amides is 1. The van der Waals surface area contributed by atoms with Crippen molar-refractivity contribution >= 4 is 27.8 Å². The summed E-state index contributed by atoms with van der Waals surface area (Å²) in [5, 5.41) is 18.2. The molecule has 0 aliphatic heterocycles. The molecule has 3 rings (SSSR count). The lowest BCUT2D eigenvalue weighted by Gasteiger charge is -2.01. The van der Waals surface area contributed by atoms with Gasteiger partial charge in [-0.25, -0.2) is 0 Å². The molecule has 3 aromatic rings. The second-order valence-corrected chi connectivity index (χ2v) is 5.49. The summed E-state index contributed by atoms with van der Waals surface area (Å²) in [6.07, 6.45) is 0. The topological polar surface area (TPSA) is 94.5 Å². The van der Waals surface area contributed by atoms with E-state index >= 15 is 0 Å². The van der Waals surface area contributed by atoms with Gasteiger partial charge < -0.3 is 0 Å². The summed E-state index contributed by atoms with van der Waals surface area (Å²) >= 11 is 3.44. The van der Waals surface area contributed by atoms with E-state index in [-0.39, 0.29) is 11.9 Å². The lowest BCUT2D eigenvalue weighted by Crippen LogP contribution is -2.13. The lowest BCUT2D eigenvalue weighted by atomic mass is 10.1. The number of carbonyl (C=O) groups is 1. The first kappa shape index (κ1) is 14.9. The number of halogens is 1. The van der Waals surface area contributed by atoms with Crippen LogP contribution in [0, 0.1) is 11.3 Å². The number of aromatic nitrogens is 3. The van der Waals surface area contributed by atoms with E-state index in [0.29, 0.717) is 17.0 Å². The Balaban J connectivity index is 1.80. The molecule has 0 unspecified atom stereocenters. The van der Waals surface area contributed by atoms with Gasteiger partial charge in [0.25, 0.3) is 5.91 Å². The molecule has 1 heterocycles. The summed E-state index contributed by atoms with van der Waals surface area (Å²) in [7, 11) is 0. The summed E-state index contributed by atoms with van der Waals surface area (Å²) in [5.41, 5.74) is 1.63. The molecule has 0 aliphatic carbocycles. The minimum Gasteiger partial charge on any atom is -0.289 e. The zero-order chi connectivity index (χ0) is 16.2. The van der Waals surface area contributed by atoms with Crippen LogP contribution in [-0.4, -0.2) is 21.1 Å². The number of hydrogen-bond donors (Lipinski definition) is 2. The summed E-state index contributed by atoms with van der Waals surface area (Å²) in [6, 6.07) is 16.0. The average molecular weight is 368 g/mol. The number of nitrogens with zero attached hydrogens (tertiary/aromatic N) is 3. The van der Waals surface area contributed by atoms with Crippen molar-refractivity contribution in [3.63, 3.8) is 0 Å². The standard InChI is InChI=1S/C16H10BrN5O/c17-13-7-2-1-6-12(13)14-19-16(22-21-14)20-15(23)11-5-3-4-10(8-11)9-18/h1-8H,(H2,19,20,21,22,23). The predicted octanol–water partition coefficient (Wildman–Crippen LogP) is 3.36. The van der Waals surface area contributed by atoms with E-state index in [1.807, 2.05) is 30.3 Å². The van der Waals surface area contributed by atoms with Crippen LogP contribution < -0.4 is 5.32 Å². The smallest absolute Gasteiger partial charge is 0.258 e. The highest BCUT2D eigenvalue weighted by atomic mass is 79.9. The third-order valence-electron chi connectivity index (χ3n) is 3.09. The van der Waals surface area contributed by atoms with Gasteiger partial charge in [-0.2, -0.15) is 10.2 Å². The zero-order valence-corrected chi connectivity index (χ0v) is 13.3. The van der Waals surface area contributed by atoms with Crippen LogP contribution in [0.15, 0.2) is 53.0 Å². The molecule has 6 nitrogen and oxygen atoms in total. The second kappa shape index (κ2) is 6.42. The summed E-state index contributed by atoms with van der Waals surface area (Å²) in [6.45, 7) is 0. The number of benzene rings is 2. The van der Waals surface area contributed by atoms with Crippen molar-refractivity contribution in [1.82, 2.24) is 15.2 Å². The molecule has 0 radical (unpaired) electrons. The highest BCUT2D eigenvalue weighted by Gasteiger charge is 2.12. The fourth-order valence-corrected chi connectivity index (χ4v) is 2.47. The van der Waals surface area contributed by atoms with Crippen LogP contribution in [0.1, 0.15) is 15.9 Å². The Kier molecular flexibility index (Phi) is 4.17. The third-order valence-corrected chi connectivity index (χ3v) is 3.79. The van der Waals surface area contributed by atoms with E-state index in [2.05, 4.69) is 36.4 Å². The molecule has 1 amide bonds. The van der Waals surface area contributed by atoms with Gasteiger partial charge in [-0.1, -0.05) is 40.2 Å². The van der Waals surface area contributed by atoms with Crippen LogP contribution in [0.4, 0.5) is 5.95 Å². The zero-order valence-electron chi connectivity index (χ0n) is 11.7. The van der Waals surface area contributed by atoms with E-state index in [1.165, 1.54) is 6.07 Å². The fraction of sp³-hybridized carbons (Fsp3) is 0. The summed E-state index contributed by atoms with van der Waals surface area (Å²) < 4.78 is 0.871. The van der Waals surface area contributed by atoms with Crippen LogP contribution >= 0.6 is 15.9 Å². The number of nitrogens with one attached hydrogen (secondary N) is 2. The first-order valence-corrected chi connectivity index (χ1v) is 7.45. The highest BCUT2D eigenvalue weighted by molar-refractivity contribution is 9.10. The molecule has 2 aromatic carbocycles. The normalized spacial score (nSPS) is 10.1. The predicted molar refractivity (Wildman–Crippen MR) is 88.6 cm³/mol. The maximum absolute atomic E-state index is 12.2. The monoisotopic (exact) mass is 367 g/mol. The highest BCUT2D eigenvalue weighted by Crippen LogP contribution is 2.25. The van der Waals surface area contributed by atoms with Crippen LogP contribution in [0.25, 0.3) is 11.4 Å². The Morgan fingerprint density at radius 3 is 2.83 bits per heavy atom. The Labute approximate surface area is 140 Å². The number of rotatable bonds is 3. The molecule has 0 aliphatic rings. The van der Waals surface area contributed by atoms with Crippen LogP contribution in [0.3, 0.4) is 0 Å². The van der Waals surface area contributed by atoms with Gasteiger partial charge >= 0.3 is 0 Å². The number of nitriles is 1. The van der Waals surface area contributed by atoms with Crippen molar-refractivity contribution in [3.05, 3.63) is 64.1 Å². The maximum atomic E-state index is 12.2. The van der Waals surface area contributed by atoms with Gasteiger partial charge in [0.1, 0.15) is 0 Å². The average Bonchev–Trinajstić information content (AvgIpc) is 3.03. The van der Waals surface area contributed by atoms with E-state index in [0.717, 1.165) is 10.0 Å². The van der Waals surface area contributed by atoms with Crippen molar-refractivity contribution in [3.8, 4) is 17.5 Å². The van der Waals surface area contributed by atoms with Crippen LogP contribution in [-0.2, 0) is 0 Å². The second-order valence-electron chi connectivity index (χ2n) is 4.63. The molecule has 0 saturated heterocycles. The molecule has 0 spiro atoms. The van der Waals surface area contributed by atoms with Crippen LogP contribution in [0.2, 0.25) is 0 Å². The number of anilines is 1. The van der Waals surface area contributed by atoms with Crippen molar-refractivity contribution in [1.29, 1.82) is 5.26 Å². The van der Waals surface area contributed by atoms with Gasteiger partial charge in [-0.15, -0.1) is 5.10 Å². The summed E-state index contributed by atoms with van der Waals surface area (Å²) in [5.74, 6) is 0.335. The van der Waals surface area contributed by atoms with Crippen molar-refractivity contribution in [2.45, 2.75) is 0 Å². The first-order chi connectivity index (χ1) is 11.2. The molecule has 0 fully saturated rings. The van der Waals surface area contributed by atoms with E-state index in [9.17, 15) is 4.79 Å². The van der Waals surface area contributed by atoms with Crippen LogP contribution in [0.5, 0.6) is 0 Å². The Bertz CT molecular complexity index is 913. The molecule has 23 heavy (non-hydrogen) atoms. The third kappa shape index (κ3) is 3.27. The van der Waals surface area contributed by atoms with E-state index < -0.39 is 0 Å². The number of carbonyl (C=O) groups excluding carboxylic acids is 1. The number of H-pyrrole nitrogens is 1.